The van der Waals surface area contributed by atoms with Crippen molar-refractivity contribution in [3.05, 3.63) is 71.1 Å². The molecule has 0 atom stereocenters. The maximum absolute atomic E-state index is 12.4. The Morgan fingerprint density at radius 1 is 1.17 bits per heavy atom. The fourth-order valence-electron chi connectivity index (χ4n) is 3.54. The summed E-state index contributed by atoms with van der Waals surface area (Å²) in [5.41, 5.74) is 2.63. The third-order valence-electron chi connectivity index (χ3n) is 5.23. The van der Waals surface area contributed by atoms with Gasteiger partial charge in [-0.25, -0.2) is 4.98 Å². The van der Waals surface area contributed by atoms with E-state index in [1.165, 1.54) is 5.56 Å². The van der Waals surface area contributed by atoms with Gasteiger partial charge < -0.3 is 19.1 Å². The van der Waals surface area contributed by atoms with Crippen LogP contribution in [-0.2, 0) is 24.2 Å². The third kappa shape index (κ3) is 5.14. The number of nitrogens with one attached hydrogen (secondary N) is 1. The Labute approximate surface area is 175 Å². The summed E-state index contributed by atoms with van der Waals surface area (Å²) in [6.45, 7) is 7.10. The average Bonchev–Trinajstić information content (AvgIpc) is 3.37. The molecule has 8 nitrogen and oxygen atoms in total. The second kappa shape index (κ2) is 9.69. The zero-order chi connectivity index (χ0) is 20.8. The van der Waals surface area contributed by atoms with E-state index in [4.69, 9.17) is 9.26 Å². The van der Waals surface area contributed by atoms with Crippen LogP contribution in [0.4, 0.5) is 0 Å². The highest BCUT2D eigenvalue weighted by atomic mass is 16.5. The van der Waals surface area contributed by atoms with Gasteiger partial charge in [0.1, 0.15) is 5.82 Å². The second-order valence-corrected chi connectivity index (χ2v) is 7.46. The zero-order valence-corrected chi connectivity index (χ0v) is 17.2. The van der Waals surface area contributed by atoms with E-state index in [1.54, 1.807) is 6.07 Å². The number of morpholine rings is 1. The molecule has 30 heavy (non-hydrogen) atoms. The second-order valence-electron chi connectivity index (χ2n) is 7.46. The Morgan fingerprint density at radius 2 is 1.97 bits per heavy atom. The first-order valence-corrected chi connectivity index (χ1v) is 10.3. The van der Waals surface area contributed by atoms with E-state index in [0.29, 0.717) is 31.0 Å². The predicted molar refractivity (Wildman–Crippen MR) is 111 cm³/mol. The molecule has 3 heterocycles. The van der Waals surface area contributed by atoms with Crippen LogP contribution in [0.25, 0.3) is 0 Å². The molecule has 4 rings (SSSR count). The summed E-state index contributed by atoms with van der Waals surface area (Å²) in [5.74, 6) is 1.41. The van der Waals surface area contributed by atoms with Crippen LogP contribution in [0.1, 0.15) is 33.3 Å². The minimum Gasteiger partial charge on any atom is -0.379 e. The van der Waals surface area contributed by atoms with Gasteiger partial charge in [0.25, 0.3) is 5.91 Å². The summed E-state index contributed by atoms with van der Waals surface area (Å²) in [6, 6.07) is 12.0. The van der Waals surface area contributed by atoms with Gasteiger partial charge in [-0.05, 0) is 12.5 Å². The largest absolute Gasteiger partial charge is 0.379 e. The van der Waals surface area contributed by atoms with E-state index in [2.05, 4.69) is 37.1 Å². The van der Waals surface area contributed by atoms with Gasteiger partial charge in [-0.15, -0.1) is 0 Å². The number of carbonyl (C=O) groups is 1. The molecule has 1 saturated heterocycles. The van der Waals surface area contributed by atoms with E-state index >= 15 is 0 Å². The van der Waals surface area contributed by atoms with Crippen molar-refractivity contribution >= 4 is 5.91 Å². The molecular weight excluding hydrogens is 382 g/mol. The lowest BCUT2D eigenvalue weighted by molar-refractivity contribution is 0.0305. The quantitative estimate of drug-likeness (QED) is 0.613. The Hall–Kier alpha value is -2.97. The van der Waals surface area contributed by atoms with Gasteiger partial charge in [0.05, 0.1) is 19.8 Å². The van der Waals surface area contributed by atoms with Crippen LogP contribution in [0.5, 0.6) is 0 Å². The van der Waals surface area contributed by atoms with Crippen molar-refractivity contribution in [1.82, 2.24) is 24.9 Å². The van der Waals surface area contributed by atoms with Crippen LogP contribution < -0.4 is 5.32 Å². The van der Waals surface area contributed by atoms with Gasteiger partial charge in [0.2, 0.25) is 0 Å². The van der Waals surface area contributed by atoms with E-state index in [1.807, 2.05) is 31.3 Å². The summed E-state index contributed by atoms with van der Waals surface area (Å²) in [4.78, 5) is 19.2. The van der Waals surface area contributed by atoms with Gasteiger partial charge in [0.15, 0.2) is 11.5 Å². The summed E-state index contributed by atoms with van der Waals surface area (Å²) in [6.07, 6.45) is 2.51. The van der Waals surface area contributed by atoms with Crippen molar-refractivity contribution in [2.45, 2.75) is 26.4 Å². The average molecular weight is 409 g/mol. The number of imidazole rings is 1. The van der Waals surface area contributed by atoms with Gasteiger partial charge >= 0.3 is 0 Å². The Kier molecular flexibility index (Phi) is 6.56. The molecule has 0 unspecified atom stereocenters. The molecule has 1 aromatic carbocycles. The maximum Gasteiger partial charge on any atom is 0.273 e. The van der Waals surface area contributed by atoms with Crippen molar-refractivity contribution < 1.29 is 14.1 Å². The van der Waals surface area contributed by atoms with Crippen LogP contribution in [0.2, 0.25) is 0 Å². The van der Waals surface area contributed by atoms with Crippen molar-refractivity contribution in [1.29, 1.82) is 0 Å². The van der Waals surface area contributed by atoms with E-state index in [-0.39, 0.29) is 5.91 Å². The fraction of sp³-hybridized carbons (Fsp3) is 0.409. The topological polar surface area (TPSA) is 85.4 Å². The molecule has 0 aliphatic carbocycles. The standard InChI is InChI=1S/C22H27N5O3/c1-17-14-24-21(27(17)15-18-5-3-2-4-6-18)7-8-23-22(28)20-13-19(30-25-20)16-26-9-11-29-12-10-26/h2-6,13-14H,7-12,15-16H2,1H3,(H,23,28). The van der Waals surface area contributed by atoms with Crippen molar-refractivity contribution in [3.63, 3.8) is 0 Å². The molecule has 1 aliphatic rings. The lowest BCUT2D eigenvalue weighted by Crippen LogP contribution is -2.35. The molecule has 1 aliphatic heterocycles. The lowest BCUT2D eigenvalue weighted by atomic mass is 10.2. The van der Waals surface area contributed by atoms with Crippen LogP contribution in [-0.4, -0.2) is 58.4 Å². The van der Waals surface area contributed by atoms with Crippen LogP contribution in [0.3, 0.4) is 0 Å². The smallest absolute Gasteiger partial charge is 0.273 e. The van der Waals surface area contributed by atoms with Crippen LogP contribution in [0.15, 0.2) is 47.1 Å². The normalized spacial score (nSPS) is 14.7. The van der Waals surface area contributed by atoms with E-state index in [0.717, 1.165) is 44.4 Å². The van der Waals surface area contributed by atoms with Crippen LogP contribution in [0, 0.1) is 6.92 Å². The number of hydrogen-bond donors (Lipinski definition) is 1. The highest BCUT2D eigenvalue weighted by Gasteiger charge is 2.17. The number of carbonyl (C=O) groups excluding carboxylic acids is 1. The van der Waals surface area contributed by atoms with Gasteiger partial charge in [-0.1, -0.05) is 35.5 Å². The molecule has 1 N–H and O–H groups in total. The van der Waals surface area contributed by atoms with E-state index in [9.17, 15) is 4.79 Å². The molecule has 0 spiro atoms. The van der Waals surface area contributed by atoms with Crippen molar-refractivity contribution in [3.8, 4) is 0 Å². The minimum atomic E-state index is -0.232. The number of rotatable bonds is 8. The SMILES string of the molecule is Cc1cnc(CCNC(=O)c2cc(CN3CCOCC3)on2)n1Cc1ccccc1. The summed E-state index contributed by atoms with van der Waals surface area (Å²) < 4.78 is 12.9. The first-order chi connectivity index (χ1) is 14.7. The molecule has 158 valence electrons. The molecule has 0 bridgehead atoms. The summed E-state index contributed by atoms with van der Waals surface area (Å²) in [7, 11) is 0. The lowest BCUT2D eigenvalue weighted by Gasteiger charge is -2.25. The van der Waals surface area contributed by atoms with Crippen molar-refractivity contribution in [2.24, 2.45) is 0 Å². The first-order valence-electron chi connectivity index (χ1n) is 10.3. The highest BCUT2D eigenvalue weighted by molar-refractivity contribution is 5.92. The number of aryl methyl sites for hydroxylation is 1. The van der Waals surface area contributed by atoms with Crippen molar-refractivity contribution in [2.75, 3.05) is 32.8 Å². The monoisotopic (exact) mass is 409 g/mol. The predicted octanol–water partition coefficient (Wildman–Crippen LogP) is 2.03. The molecule has 3 aromatic rings. The molecular formula is C22H27N5O3. The number of hydrogen-bond acceptors (Lipinski definition) is 6. The highest BCUT2D eigenvalue weighted by Crippen LogP contribution is 2.11. The minimum absolute atomic E-state index is 0.232. The molecule has 0 radical (unpaired) electrons. The fourth-order valence-corrected chi connectivity index (χ4v) is 3.54. The molecule has 0 saturated carbocycles. The summed E-state index contributed by atoms with van der Waals surface area (Å²) in [5, 5.41) is 6.84. The first kappa shape index (κ1) is 20.3. The van der Waals surface area contributed by atoms with Gasteiger partial charge in [-0.3, -0.25) is 9.69 Å². The molecule has 1 amide bonds. The number of aromatic nitrogens is 3. The molecule has 8 heteroatoms. The summed E-state index contributed by atoms with van der Waals surface area (Å²) >= 11 is 0. The Morgan fingerprint density at radius 3 is 2.77 bits per heavy atom. The third-order valence-corrected chi connectivity index (χ3v) is 5.23. The zero-order valence-electron chi connectivity index (χ0n) is 17.2. The number of benzene rings is 1. The Balaban J connectivity index is 1.29. The number of nitrogens with zero attached hydrogens (tertiary/aromatic N) is 4. The van der Waals surface area contributed by atoms with Crippen LogP contribution >= 0.6 is 0 Å². The molecule has 2 aromatic heterocycles. The molecule has 1 fully saturated rings. The number of amides is 1. The van der Waals surface area contributed by atoms with E-state index < -0.39 is 0 Å². The number of ether oxygens (including phenoxy) is 1. The Bertz CT molecular complexity index is 960. The maximum atomic E-state index is 12.4. The van der Waals surface area contributed by atoms with Gasteiger partial charge in [-0.2, -0.15) is 0 Å². The van der Waals surface area contributed by atoms with Gasteiger partial charge in [0, 0.05) is 50.6 Å².